The fraction of sp³-hybridized carbons (Fsp3) is 0. The molecule has 2 aromatic heterocycles. The van der Waals surface area contributed by atoms with Crippen molar-refractivity contribution in [1.29, 1.82) is 0 Å². The number of hydrogen-bond acceptors (Lipinski definition) is 9. The van der Waals surface area contributed by atoms with Crippen molar-refractivity contribution in [3.8, 4) is 0 Å². The van der Waals surface area contributed by atoms with Gasteiger partial charge in [0, 0.05) is 16.9 Å². The van der Waals surface area contributed by atoms with Gasteiger partial charge in [-0.1, -0.05) is 11.6 Å². The van der Waals surface area contributed by atoms with E-state index < -0.39 is 21.9 Å². The fourth-order valence-corrected chi connectivity index (χ4v) is 2.77. The molecule has 4 aromatic rings. The summed E-state index contributed by atoms with van der Waals surface area (Å²) in [6, 6.07) is 8.09. The van der Waals surface area contributed by atoms with Gasteiger partial charge in [0.1, 0.15) is 11.4 Å². The van der Waals surface area contributed by atoms with Crippen molar-refractivity contribution in [2.45, 2.75) is 0 Å². The molecule has 146 valence electrons. The van der Waals surface area contributed by atoms with Gasteiger partial charge in [0.05, 0.1) is 10.6 Å². The molecule has 12 nitrogen and oxygen atoms in total. The van der Waals surface area contributed by atoms with E-state index in [1.165, 1.54) is 6.07 Å². The van der Waals surface area contributed by atoms with Crippen LogP contribution in [0.2, 0.25) is 5.02 Å². The maximum Gasteiger partial charge on any atom is 0.325 e. The molecule has 0 bridgehead atoms. The number of nitro benzene ring substituents is 1. The minimum absolute atomic E-state index is 0.0628. The van der Waals surface area contributed by atoms with E-state index in [9.17, 15) is 19.7 Å². The van der Waals surface area contributed by atoms with Crippen molar-refractivity contribution in [3.05, 3.63) is 72.5 Å². The molecule has 0 saturated heterocycles. The Bertz CT molecular complexity index is 1340. The molecule has 0 atom stereocenters. The molecule has 0 spiro atoms. The van der Waals surface area contributed by atoms with Crippen LogP contribution < -0.4 is 21.9 Å². The van der Waals surface area contributed by atoms with Gasteiger partial charge in [0.15, 0.2) is 5.52 Å². The highest BCUT2D eigenvalue weighted by atomic mass is 35.5. The highest BCUT2D eigenvalue weighted by Crippen LogP contribution is 2.38. The number of nitro groups is 1. The van der Waals surface area contributed by atoms with Crippen LogP contribution in [0.25, 0.3) is 11.0 Å². The van der Waals surface area contributed by atoms with E-state index in [-0.39, 0.29) is 22.4 Å². The molecule has 0 unspecified atom stereocenters. The topological polar surface area (TPSA) is 172 Å². The molecular formula is C16H10ClN7O5. The average molecular weight is 416 g/mol. The van der Waals surface area contributed by atoms with Crippen LogP contribution in [0.15, 0.2) is 50.7 Å². The maximum atomic E-state index is 12.0. The average Bonchev–Trinajstić information content (AvgIpc) is 3.15. The number of halogens is 1. The molecule has 4 N–H and O–H groups in total. The number of H-pyrrole nitrogens is 2. The van der Waals surface area contributed by atoms with E-state index in [4.69, 9.17) is 11.6 Å². The number of anilines is 4. The third kappa shape index (κ3) is 3.51. The highest BCUT2D eigenvalue weighted by Gasteiger charge is 2.26. The van der Waals surface area contributed by atoms with E-state index in [1.54, 1.807) is 24.3 Å². The number of aromatic amines is 2. The van der Waals surface area contributed by atoms with Crippen molar-refractivity contribution >= 4 is 51.1 Å². The van der Waals surface area contributed by atoms with Crippen LogP contribution >= 0.6 is 11.6 Å². The van der Waals surface area contributed by atoms with Crippen molar-refractivity contribution in [2.24, 2.45) is 0 Å². The summed E-state index contributed by atoms with van der Waals surface area (Å²) in [5.74, 6) is 0. The Hall–Kier alpha value is -4.19. The molecule has 13 heteroatoms. The second kappa shape index (κ2) is 7.09. The van der Waals surface area contributed by atoms with Gasteiger partial charge in [-0.3, -0.25) is 19.9 Å². The molecule has 0 saturated carbocycles. The van der Waals surface area contributed by atoms with Crippen LogP contribution in [-0.4, -0.2) is 25.2 Å². The molecule has 0 aliphatic rings. The van der Waals surface area contributed by atoms with Crippen LogP contribution in [0.5, 0.6) is 0 Å². The normalized spacial score (nSPS) is 10.8. The van der Waals surface area contributed by atoms with Crippen LogP contribution in [0.3, 0.4) is 0 Å². The quantitative estimate of drug-likeness (QED) is 0.282. The van der Waals surface area contributed by atoms with Gasteiger partial charge in [0.2, 0.25) is 5.52 Å². The van der Waals surface area contributed by atoms with Gasteiger partial charge in [0.25, 0.3) is 5.56 Å². The summed E-state index contributed by atoms with van der Waals surface area (Å²) < 4.78 is 4.69. The van der Waals surface area contributed by atoms with Crippen molar-refractivity contribution in [3.63, 3.8) is 0 Å². The fourth-order valence-electron chi connectivity index (χ4n) is 2.64. The molecule has 0 aliphatic heterocycles. The molecule has 0 radical (unpaired) electrons. The lowest BCUT2D eigenvalue weighted by molar-refractivity contribution is -0.382. The first-order chi connectivity index (χ1) is 13.9. The van der Waals surface area contributed by atoms with Gasteiger partial charge in [-0.2, -0.15) is 0 Å². The Morgan fingerprint density at radius 2 is 1.76 bits per heavy atom. The standard InChI is InChI=1S/C16H10ClN7O5/c17-7-1-3-8(4-2-7)19-9-5-10(20-11-6-18-16(26)21-15(11)25)14(24(27)28)13-12(9)22-29-23-13/h1-6,19-20H,(H2,18,21,25,26). The second-order valence-corrected chi connectivity index (χ2v) is 6.22. The number of fused-ring (bicyclic) bond motifs is 1. The zero-order valence-electron chi connectivity index (χ0n) is 14.2. The number of hydrogen-bond donors (Lipinski definition) is 4. The Labute approximate surface area is 164 Å². The Balaban J connectivity index is 1.86. The molecule has 0 fully saturated rings. The summed E-state index contributed by atoms with van der Waals surface area (Å²) in [6.07, 6.45) is 1.10. The van der Waals surface area contributed by atoms with Crippen LogP contribution in [0.4, 0.5) is 28.4 Å². The number of nitrogens with zero attached hydrogens (tertiary/aromatic N) is 3. The number of nitrogens with one attached hydrogen (secondary N) is 4. The molecule has 2 aromatic carbocycles. The number of benzene rings is 2. The van der Waals surface area contributed by atoms with Crippen LogP contribution in [0.1, 0.15) is 0 Å². The summed E-state index contributed by atoms with van der Waals surface area (Å²) in [4.78, 5) is 38.4. The van der Waals surface area contributed by atoms with Crippen molar-refractivity contribution < 1.29 is 9.55 Å². The molecule has 4 rings (SSSR count). The molecule has 0 amide bonds. The lowest BCUT2D eigenvalue weighted by Gasteiger charge is -2.11. The summed E-state index contributed by atoms with van der Waals surface area (Å²) in [5, 5.41) is 25.2. The Morgan fingerprint density at radius 3 is 2.45 bits per heavy atom. The monoisotopic (exact) mass is 415 g/mol. The highest BCUT2D eigenvalue weighted by molar-refractivity contribution is 6.30. The summed E-state index contributed by atoms with van der Waals surface area (Å²) in [7, 11) is 0. The number of rotatable bonds is 5. The third-order valence-corrected chi connectivity index (χ3v) is 4.16. The number of aromatic nitrogens is 4. The van der Waals surface area contributed by atoms with Crippen molar-refractivity contribution in [1.82, 2.24) is 20.3 Å². The van der Waals surface area contributed by atoms with Gasteiger partial charge in [-0.25, -0.2) is 9.42 Å². The van der Waals surface area contributed by atoms with Crippen LogP contribution in [-0.2, 0) is 0 Å². The van der Waals surface area contributed by atoms with E-state index >= 15 is 0 Å². The van der Waals surface area contributed by atoms with Gasteiger partial charge >= 0.3 is 11.4 Å². The van der Waals surface area contributed by atoms with E-state index in [2.05, 4.69) is 30.6 Å². The first-order valence-electron chi connectivity index (χ1n) is 7.97. The van der Waals surface area contributed by atoms with Gasteiger partial charge in [-0.15, -0.1) is 0 Å². The van der Waals surface area contributed by atoms with Crippen LogP contribution in [0, 0.1) is 10.1 Å². The summed E-state index contributed by atoms with van der Waals surface area (Å²) in [5.41, 5.74) is -1.14. The predicted molar refractivity (Wildman–Crippen MR) is 104 cm³/mol. The largest absolute Gasteiger partial charge is 0.354 e. The summed E-state index contributed by atoms with van der Waals surface area (Å²) in [6.45, 7) is 0. The first kappa shape index (κ1) is 18.2. The lowest BCUT2D eigenvalue weighted by atomic mass is 10.1. The summed E-state index contributed by atoms with van der Waals surface area (Å²) >= 11 is 5.88. The van der Waals surface area contributed by atoms with Gasteiger partial charge < -0.3 is 15.6 Å². The Morgan fingerprint density at radius 1 is 1.03 bits per heavy atom. The maximum absolute atomic E-state index is 12.0. The zero-order chi connectivity index (χ0) is 20.5. The zero-order valence-corrected chi connectivity index (χ0v) is 15.0. The Kier molecular flexibility index (Phi) is 4.44. The van der Waals surface area contributed by atoms with E-state index in [0.29, 0.717) is 16.4 Å². The predicted octanol–water partition coefficient (Wildman–Crippen LogP) is 2.65. The van der Waals surface area contributed by atoms with E-state index in [1.807, 2.05) is 4.98 Å². The lowest BCUT2D eigenvalue weighted by Crippen LogP contribution is -2.23. The smallest absolute Gasteiger partial charge is 0.325 e. The molecule has 0 aliphatic carbocycles. The molecule has 29 heavy (non-hydrogen) atoms. The molecule has 2 heterocycles. The first-order valence-corrected chi connectivity index (χ1v) is 8.35. The third-order valence-electron chi connectivity index (χ3n) is 3.91. The minimum Gasteiger partial charge on any atom is -0.354 e. The van der Waals surface area contributed by atoms with Gasteiger partial charge in [-0.05, 0) is 40.6 Å². The second-order valence-electron chi connectivity index (χ2n) is 5.78. The van der Waals surface area contributed by atoms with E-state index in [0.717, 1.165) is 6.20 Å². The minimum atomic E-state index is -0.756. The SMILES string of the molecule is O=c1[nH]cc(Nc2cc(Nc3ccc(Cl)cc3)c3nonc3c2[N+](=O)[O-])c(=O)[nH]1. The van der Waals surface area contributed by atoms with Crippen molar-refractivity contribution in [2.75, 3.05) is 10.6 Å². The molecular weight excluding hydrogens is 406 g/mol.